The molecule has 0 aromatic heterocycles. The highest BCUT2D eigenvalue weighted by atomic mass is 19.4. The molecule has 0 unspecified atom stereocenters. The van der Waals surface area contributed by atoms with E-state index in [0.29, 0.717) is 6.54 Å². The molecule has 7 heteroatoms. The normalized spacial score (nSPS) is 12.6. The zero-order valence-corrected chi connectivity index (χ0v) is 12.5. The van der Waals surface area contributed by atoms with Gasteiger partial charge in [-0.2, -0.15) is 13.2 Å². The van der Waals surface area contributed by atoms with Gasteiger partial charge in [-0.3, -0.25) is 4.79 Å². The number of alkyl halides is 3. The van der Waals surface area contributed by atoms with Crippen molar-refractivity contribution >= 4 is 11.6 Å². The topological polar surface area (TPSA) is 58.4 Å². The van der Waals surface area contributed by atoms with Crippen molar-refractivity contribution in [2.45, 2.75) is 25.6 Å². The minimum absolute atomic E-state index is 0.0638. The summed E-state index contributed by atoms with van der Waals surface area (Å²) in [5.41, 5.74) is 3.53. The highest BCUT2D eigenvalue weighted by molar-refractivity contribution is 5.95. The zero-order chi connectivity index (χ0) is 16.4. The van der Waals surface area contributed by atoms with Gasteiger partial charge in [-0.25, -0.2) is 0 Å². The maximum atomic E-state index is 12.8. The van der Waals surface area contributed by atoms with Gasteiger partial charge in [0.1, 0.15) is 0 Å². The highest BCUT2D eigenvalue weighted by Gasteiger charge is 2.33. The van der Waals surface area contributed by atoms with Crippen molar-refractivity contribution in [3.8, 4) is 0 Å². The number of carbonyl (C=O) groups excluding carboxylic acids is 1. The summed E-state index contributed by atoms with van der Waals surface area (Å²) in [5.74, 6) is -0.560. The minimum Gasteiger partial charge on any atom is -0.398 e. The van der Waals surface area contributed by atoms with E-state index < -0.39 is 23.3 Å². The van der Waals surface area contributed by atoms with Crippen LogP contribution in [0, 0.1) is 0 Å². The molecule has 3 N–H and O–H groups in total. The Bertz CT molecular complexity index is 525. The lowest BCUT2D eigenvalue weighted by molar-refractivity contribution is -0.136. The Morgan fingerprint density at radius 1 is 1.29 bits per heavy atom. The van der Waals surface area contributed by atoms with Crippen molar-refractivity contribution < 1.29 is 18.0 Å². The molecule has 0 aliphatic rings. The van der Waals surface area contributed by atoms with Gasteiger partial charge in [-0.15, -0.1) is 0 Å². The van der Waals surface area contributed by atoms with Crippen molar-refractivity contribution in [2.24, 2.45) is 0 Å². The number of nitrogen functional groups attached to an aromatic ring is 1. The number of nitrogens with zero attached hydrogens (tertiary/aromatic N) is 1. The van der Waals surface area contributed by atoms with Gasteiger partial charge in [-0.1, -0.05) is 0 Å². The first-order valence-electron chi connectivity index (χ1n) is 6.37. The summed E-state index contributed by atoms with van der Waals surface area (Å²) in [6.45, 7) is 4.14. The van der Waals surface area contributed by atoms with Gasteiger partial charge in [0.15, 0.2) is 0 Å². The van der Waals surface area contributed by atoms with Crippen LogP contribution >= 0.6 is 0 Å². The molecule has 4 nitrogen and oxygen atoms in total. The van der Waals surface area contributed by atoms with Crippen LogP contribution in [0.5, 0.6) is 0 Å². The molecular weight excluding hydrogens is 283 g/mol. The van der Waals surface area contributed by atoms with Crippen molar-refractivity contribution in [2.75, 3.05) is 26.4 Å². The fraction of sp³-hybridized carbons (Fsp3) is 0.500. The molecule has 0 aliphatic carbocycles. The first kappa shape index (κ1) is 17.3. The molecule has 0 saturated heterocycles. The van der Waals surface area contributed by atoms with E-state index in [-0.39, 0.29) is 11.1 Å². The summed E-state index contributed by atoms with van der Waals surface area (Å²) < 4.78 is 38.3. The van der Waals surface area contributed by atoms with E-state index in [0.717, 1.165) is 12.1 Å². The fourth-order valence-electron chi connectivity index (χ4n) is 1.50. The Kier molecular flexibility index (Phi) is 4.88. The van der Waals surface area contributed by atoms with Crippen LogP contribution in [0.15, 0.2) is 18.2 Å². The molecule has 0 spiro atoms. The number of hydrogen-bond donors (Lipinski definition) is 2. The van der Waals surface area contributed by atoms with Crippen LogP contribution in [-0.4, -0.2) is 37.0 Å². The lowest BCUT2D eigenvalue weighted by atomic mass is 10.0. The fourth-order valence-corrected chi connectivity index (χ4v) is 1.50. The van der Waals surface area contributed by atoms with Crippen LogP contribution in [0.2, 0.25) is 0 Å². The molecule has 0 atom stereocenters. The molecule has 0 fully saturated rings. The lowest BCUT2D eigenvalue weighted by Crippen LogP contribution is -2.48. The summed E-state index contributed by atoms with van der Waals surface area (Å²) >= 11 is 0. The number of hydrogen-bond acceptors (Lipinski definition) is 3. The maximum absolute atomic E-state index is 12.8. The highest BCUT2D eigenvalue weighted by Crippen LogP contribution is 2.33. The Morgan fingerprint density at radius 3 is 2.33 bits per heavy atom. The first-order valence-corrected chi connectivity index (χ1v) is 6.37. The van der Waals surface area contributed by atoms with E-state index in [1.807, 2.05) is 32.8 Å². The number of anilines is 1. The van der Waals surface area contributed by atoms with Crippen molar-refractivity contribution in [1.82, 2.24) is 10.2 Å². The molecule has 1 rings (SSSR count). The van der Waals surface area contributed by atoms with Gasteiger partial charge in [0.25, 0.3) is 5.91 Å². The first-order chi connectivity index (χ1) is 9.45. The van der Waals surface area contributed by atoms with Gasteiger partial charge in [0.05, 0.1) is 5.56 Å². The molecule has 0 saturated carbocycles. The van der Waals surface area contributed by atoms with E-state index >= 15 is 0 Å². The van der Waals surface area contributed by atoms with Crippen molar-refractivity contribution in [3.63, 3.8) is 0 Å². The molecule has 1 amide bonds. The minimum atomic E-state index is -4.58. The van der Waals surface area contributed by atoms with Crippen LogP contribution in [0.25, 0.3) is 0 Å². The average Bonchev–Trinajstić information content (AvgIpc) is 2.35. The van der Waals surface area contributed by atoms with Gasteiger partial charge in [0.2, 0.25) is 0 Å². The van der Waals surface area contributed by atoms with Crippen LogP contribution in [0.4, 0.5) is 18.9 Å². The zero-order valence-electron chi connectivity index (χ0n) is 12.5. The summed E-state index contributed by atoms with van der Waals surface area (Å²) in [4.78, 5) is 13.9. The lowest BCUT2D eigenvalue weighted by Gasteiger charge is -2.32. The Balaban J connectivity index is 2.90. The van der Waals surface area contributed by atoms with E-state index in [1.54, 1.807) is 0 Å². The quantitative estimate of drug-likeness (QED) is 0.840. The summed E-state index contributed by atoms with van der Waals surface area (Å²) in [6, 6.07) is 3.14. The number of amides is 1. The Hall–Kier alpha value is -1.76. The van der Waals surface area contributed by atoms with Crippen molar-refractivity contribution in [3.05, 3.63) is 29.3 Å². The summed E-state index contributed by atoms with van der Waals surface area (Å²) in [5, 5.41) is 2.63. The SMILES string of the molecule is CN(C)C(C)(C)CNC(=O)c1ccc(N)c(C(F)(F)F)c1. The predicted molar refractivity (Wildman–Crippen MR) is 76.0 cm³/mol. The van der Waals surface area contributed by atoms with Crippen LogP contribution in [0.1, 0.15) is 29.8 Å². The summed E-state index contributed by atoms with van der Waals surface area (Å²) in [7, 11) is 3.72. The molecular formula is C14H20F3N3O. The number of likely N-dealkylation sites (N-methyl/N-ethyl adjacent to an activating group) is 1. The van der Waals surface area contributed by atoms with Gasteiger partial charge in [-0.05, 0) is 46.1 Å². The Labute approximate surface area is 122 Å². The predicted octanol–water partition coefficient (Wildman–Crippen LogP) is 2.36. The second-order valence-corrected chi connectivity index (χ2v) is 5.69. The number of rotatable bonds is 4. The molecule has 0 aliphatic heterocycles. The number of carbonyl (C=O) groups is 1. The second-order valence-electron chi connectivity index (χ2n) is 5.69. The van der Waals surface area contributed by atoms with Gasteiger partial charge < -0.3 is 16.0 Å². The molecule has 118 valence electrons. The molecule has 0 heterocycles. The number of nitrogens with two attached hydrogens (primary N) is 1. The third-order valence-electron chi connectivity index (χ3n) is 3.51. The summed E-state index contributed by atoms with van der Waals surface area (Å²) in [6.07, 6.45) is -4.58. The van der Waals surface area contributed by atoms with Crippen LogP contribution < -0.4 is 11.1 Å². The number of benzene rings is 1. The largest absolute Gasteiger partial charge is 0.418 e. The molecule has 1 aromatic rings. The monoisotopic (exact) mass is 303 g/mol. The van der Waals surface area contributed by atoms with Gasteiger partial charge in [0, 0.05) is 23.3 Å². The molecule has 21 heavy (non-hydrogen) atoms. The maximum Gasteiger partial charge on any atom is 0.418 e. The van der Waals surface area contributed by atoms with E-state index in [9.17, 15) is 18.0 Å². The third-order valence-corrected chi connectivity index (χ3v) is 3.51. The smallest absolute Gasteiger partial charge is 0.398 e. The second kappa shape index (κ2) is 5.93. The number of nitrogens with one attached hydrogen (secondary N) is 1. The standard InChI is InChI=1S/C14H20F3N3O/c1-13(2,20(3)4)8-19-12(21)9-5-6-11(18)10(7-9)14(15,16)17/h5-7H,8,18H2,1-4H3,(H,19,21). The van der Waals surface area contributed by atoms with Crippen molar-refractivity contribution in [1.29, 1.82) is 0 Å². The van der Waals surface area contributed by atoms with E-state index in [1.165, 1.54) is 6.07 Å². The Morgan fingerprint density at radius 2 is 1.86 bits per heavy atom. The number of halogens is 3. The third kappa shape index (κ3) is 4.35. The van der Waals surface area contributed by atoms with E-state index in [2.05, 4.69) is 5.32 Å². The van der Waals surface area contributed by atoms with Crippen LogP contribution in [0.3, 0.4) is 0 Å². The van der Waals surface area contributed by atoms with Crippen LogP contribution in [-0.2, 0) is 6.18 Å². The molecule has 0 bridgehead atoms. The molecule has 1 aromatic carbocycles. The van der Waals surface area contributed by atoms with E-state index in [4.69, 9.17) is 5.73 Å². The van der Waals surface area contributed by atoms with Gasteiger partial charge >= 0.3 is 6.18 Å². The molecule has 0 radical (unpaired) electrons. The average molecular weight is 303 g/mol.